The SMILES string of the molecule is O=S(=O)(NCC1(O)CCOC1)c1ccc2ccccc2c1. The van der Waals surface area contributed by atoms with E-state index in [2.05, 4.69) is 4.72 Å². The molecule has 21 heavy (non-hydrogen) atoms. The Balaban J connectivity index is 1.82. The lowest BCUT2D eigenvalue weighted by Crippen LogP contribution is -2.43. The molecule has 1 fully saturated rings. The molecular formula is C15H17NO4S. The second-order valence-electron chi connectivity index (χ2n) is 5.36. The van der Waals surface area contributed by atoms with E-state index in [1.54, 1.807) is 18.2 Å². The Morgan fingerprint density at radius 2 is 1.95 bits per heavy atom. The number of fused-ring (bicyclic) bond motifs is 1. The van der Waals surface area contributed by atoms with Gasteiger partial charge < -0.3 is 9.84 Å². The zero-order valence-corrected chi connectivity index (χ0v) is 12.3. The third-order valence-electron chi connectivity index (χ3n) is 3.70. The molecule has 0 bridgehead atoms. The fourth-order valence-corrected chi connectivity index (χ4v) is 3.54. The lowest BCUT2D eigenvalue weighted by atomic mass is 10.1. The molecule has 112 valence electrons. The first kappa shape index (κ1) is 14.5. The number of hydrogen-bond acceptors (Lipinski definition) is 4. The summed E-state index contributed by atoms with van der Waals surface area (Å²) in [6.45, 7) is 0.573. The van der Waals surface area contributed by atoms with Gasteiger partial charge >= 0.3 is 0 Å². The topological polar surface area (TPSA) is 75.6 Å². The van der Waals surface area contributed by atoms with Crippen molar-refractivity contribution in [2.45, 2.75) is 16.9 Å². The number of sulfonamides is 1. The van der Waals surface area contributed by atoms with Gasteiger partial charge in [-0.15, -0.1) is 0 Å². The predicted octanol–water partition coefficient (Wildman–Crippen LogP) is 1.27. The highest BCUT2D eigenvalue weighted by Crippen LogP contribution is 2.21. The first-order valence-corrected chi connectivity index (χ1v) is 8.26. The van der Waals surface area contributed by atoms with E-state index in [1.165, 1.54) is 0 Å². The molecule has 1 unspecified atom stereocenters. The number of nitrogens with one attached hydrogen (secondary N) is 1. The first-order valence-electron chi connectivity index (χ1n) is 6.77. The van der Waals surface area contributed by atoms with Crippen molar-refractivity contribution in [3.8, 4) is 0 Å². The summed E-state index contributed by atoms with van der Waals surface area (Å²) in [5.41, 5.74) is -1.11. The molecule has 2 aromatic carbocycles. The fourth-order valence-electron chi connectivity index (χ4n) is 2.38. The van der Waals surface area contributed by atoms with E-state index in [9.17, 15) is 13.5 Å². The summed E-state index contributed by atoms with van der Waals surface area (Å²) in [6, 6.07) is 12.5. The fraction of sp³-hybridized carbons (Fsp3) is 0.333. The van der Waals surface area contributed by atoms with E-state index in [0.717, 1.165) is 10.8 Å². The van der Waals surface area contributed by atoms with Crippen LogP contribution in [0.1, 0.15) is 6.42 Å². The Morgan fingerprint density at radius 1 is 1.19 bits per heavy atom. The maximum absolute atomic E-state index is 12.3. The Labute approximate surface area is 123 Å². The summed E-state index contributed by atoms with van der Waals surface area (Å²) in [5.74, 6) is 0. The second-order valence-corrected chi connectivity index (χ2v) is 7.13. The van der Waals surface area contributed by atoms with Crippen LogP contribution in [0.2, 0.25) is 0 Å². The Hall–Kier alpha value is -1.47. The smallest absolute Gasteiger partial charge is 0.240 e. The van der Waals surface area contributed by atoms with Gasteiger partial charge in [0.25, 0.3) is 0 Å². The minimum absolute atomic E-state index is 0.0395. The zero-order valence-electron chi connectivity index (χ0n) is 11.5. The van der Waals surface area contributed by atoms with E-state index in [-0.39, 0.29) is 18.0 Å². The zero-order chi connectivity index (χ0) is 14.9. The molecule has 0 spiro atoms. The highest BCUT2D eigenvalue weighted by molar-refractivity contribution is 7.89. The molecule has 3 rings (SSSR count). The average molecular weight is 307 g/mol. The predicted molar refractivity (Wildman–Crippen MR) is 79.5 cm³/mol. The van der Waals surface area contributed by atoms with Crippen LogP contribution in [0.15, 0.2) is 47.4 Å². The van der Waals surface area contributed by atoms with Crippen LogP contribution in [0.25, 0.3) is 10.8 Å². The quantitative estimate of drug-likeness (QED) is 0.892. The normalized spacial score (nSPS) is 22.7. The van der Waals surface area contributed by atoms with Crippen molar-refractivity contribution in [1.29, 1.82) is 0 Å². The molecule has 1 heterocycles. The highest BCUT2D eigenvalue weighted by Gasteiger charge is 2.33. The van der Waals surface area contributed by atoms with Crippen LogP contribution in [0.5, 0.6) is 0 Å². The van der Waals surface area contributed by atoms with Gasteiger partial charge in [-0.2, -0.15) is 0 Å². The molecule has 1 saturated heterocycles. The summed E-state index contributed by atoms with van der Waals surface area (Å²) in [5, 5.41) is 12.0. The molecule has 0 radical (unpaired) electrons. The average Bonchev–Trinajstić information content (AvgIpc) is 2.92. The summed E-state index contributed by atoms with van der Waals surface area (Å²) in [6.07, 6.45) is 0.438. The van der Waals surface area contributed by atoms with Gasteiger partial charge in [0.2, 0.25) is 10.0 Å². The van der Waals surface area contributed by atoms with Gasteiger partial charge in [0.15, 0.2) is 0 Å². The molecule has 5 nitrogen and oxygen atoms in total. The highest BCUT2D eigenvalue weighted by atomic mass is 32.2. The second kappa shape index (κ2) is 5.38. The van der Waals surface area contributed by atoms with Crippen molar-refractivity contribution >= 4 is 20.8 Å². The summed E-state index contributed by atoms with van der Waals surface area (Å²) in [4.78, 5) is 0.198. The van der Waals surface area contributed by atoms with Crippen molar-refractivity contribution in [1.82, 2.24) is 4.72 Å². The first-order chi connectivity index (χ1) is 9.99. The van der Waals surface area contributed by atoms with E-state index >= 15 is 0 Å². The van der Waals surface area contributed by atoms with Crippen LogP contribution in [0, 0.1) is 0 Å². The minimum Gasteiger partial charge on any atom is -0.386 e. The third kappa shape index (κ3) is 3.08. The van der Waals surface area contributed by atoms with Gasteiger partial charge in [0.1, 0.15) is 5.60 Å². The van der Waals surface area contributed by atoms with Crippen molar-refractivity contribution in [2.24, 2.45) is 0 Å². The lowest BCUT2D eigenvalue weighted by molar-refractivity contribution is 0.0314. The van der Waals surface area contributed by atoms with Crippen LogP contribution in [0.3, 0.4) is 0 Å². The van der Waals surface area contributed by atoms with Crippen molar-refractivity contribution in [3.05, 3.63) is 42.5 Å². The lowest BCUT2D eigenvalue weighted by Gasteiger charge is -2.20. The molecule has 0 saturated carbocycles. The number of hydrogen-bond donors (Lipinski definition) is 2. The molecule has 6 heteroatoms. The van der Waals surface area contributed by atoms with E-state index in [1.807, 2.05) is 24.3 Å². The van der Waals surface area contributed by atoms with E-state index < -0.39 is 15.6 Å². The molecule has 1 atom stereocenters. The summed E-state index contributed by atoms with van der Waals surface area (Å²) in [7, 11) is -3.64. The van der Waals surface area contributed by atoms with Gasteiger partial charge in [0, 0.05) is 19.6 Å². The molecule has 0 aliphatic carbocycles. The molecule has 2 N–H and O–H groups in total. The maximum Gasteiger partial charge on any atom is 0.240 e. The van der Waals surface area contributed by atoms with Gasteiger partial charge in [-0.3, -0.25) is 0 Å². The van der Waals surface area contributed by atoms with Crippen LogP contribution >= 0.6 is 0 Å². The summed E-state index contributed by atoms with van der Waals surface area (Å²) < 4.78 is 32.2. The number of aliphatic hydroxyl groups is 1. The number of rotatable bonds is 4. The molecule has 1 aliphatic heterocycles. The molecule has 1 aliphatic rings. The molecular weight excluding hydrogens is 290 g/mol. The van der Waals surface area contributed by atoms with Gasteiger partial charge in [0.05, 0.1) is 11.5 Å². The van der Waals surface area contributed by atoms with E-state index in [0.29, 0.717) is 13.0 Å². The standard InChI is InChI=1S/C15H17NO4S/c17-15(7-8-20-11-15)10-16-21(18,19)14-6-5-12-3-1-2-4-13(12)9-14/h1-6,9,16-17H,7-8,10-11H2. The van der Waals surface area contributed by atoms with Crippen LogP contribution in [-0.2, 0) is 14.8 Å². The Kier molecular flexibility index (Phi) is 3.71. The monoisotopic (exact) mass is 307 g/mol. The van der Waals surface area contributed by atoms with Crippen molar-refractivity contribution < 1.29 is 18.3 Å². The Bertz CT molecular complexity index is 751. The van der Waals surface area contributed by atoms with Crippen molar-refractivity contribution in [2.75, 3.05) is 19.8 Å². The summed E-state index contributed by atoms with van der Waals surface area (Å²) >= 11 is 0. The van der Waals surface area contributed by atoms with Crippen LogP contribution in [0.4, 0.5) is 0 Å². The molecule has 0 amide bonds. The molecule has 2 aromatic rings. The largest absolute Gasteiger partial charge is 0.386 e. The van der Waals surface area contributed by atoms with Crippen LogP contribution < -0.4 is 4.72 Å². The third-order valence-corrected chi connectivity index (χ3v) is 5.10. The molecule has 0 aromatic heterocycles. The van der Waals surface area contributed by atoms with Crippen LogP contribution in [-0.4, -0.2) is 38.9 Å². The maximum atomic E-state index is 12.3. The van der Waals surface area contributed by atoms with Gasteiger partial charge in [-0.05, 0) is 22.9 Å². The minimum atomic E-state index is -3.64. The van der Waals surface area contributed by atoms with Crippen molar-refractivity contribution in [3.63, 3.8) is 0 Å². The van der Waals surface area contributed by atoms with Gasteiger partial charge in [-0.25, -0.2) is 13.1 Å². The Morgan fingerprint density at radius 3 is 2.67 bits per heavy atom. The number of ether oxygens (including phenoxy) is 1. The van der Waals surface area contributed by atoms with Gasteiger partial charge in [-0.1, -0.05) is 30.3 Å². The number of benzene rings is 2. The van der Waals surface area contributed by atoms with E-state index in [4.69, 9.17) is 4.74 Å².